The van der Waals surface area contributed by atoms with Gasteiger partial charge in [0.25, 0.3) is 0 Å². The molecule has 1 saturated carbocycles. The highest BCUT2D eigenvalue weighted by Gasteiger charge is 2.29. The maximum absolute atomic E-state index is 12.1. The number of rotatable bonds is 4. The van der Waals surface area contributed by atoms with E-state index in [1.807, 2.05) is 4.90 Å². The summed E-state index contributed by atoms with van der Waals surface area (Å²) in [7, 11) is 1.35. The lowest BCUT2D eigenvalue weighted by Gasteiger charge is -2.32. The third kappa shape index (κ3) is 4.97. The molecule has 1 saturated heterocycles. The van der Waals surface area contributed by atoms with Crippen molar-refractivity contribution in [1.29, 1.82) is 0 Å². The molecule has 1 amide bonds. The molecule has 2 aliphatic rings. The Bertz CT molecular complexity index is 367. The summed E-state index contributed by atoms with van der Waals surface area (Å²) in [6.07, 6.45) is 3.94. The number of methoxy groups -OCH3 is 1. The monoisotopic (exact) mass is 298 g/mol. The number of carbonyl (C=O) groups is 2. The van der Waals surface area contributed by atoms with E-state index in [-0.39, 0.29) is 11.9 Å². The highest BCUT2D eigenvalue weighted by atomic mass is 16.6. The predicted octanol–water partition coefficient (Wildman–Crippen LogP) is 0.555. The largest absolute Gasteiger partial charge is 0.467 e. The summed E-state index contributed by atoms with van der Waals surface area (Å²) < 4.78 is 10.0. The van der Waals surface area contributed by atoms with Crippen LogP contribution in [-0.2, 0) is 19.1 Å². The number of ether oxygens (including phenoxy) is 2. The number of nitrogens with one attached hydrogen (secondary N) is 1. The van der Waals surface area contributed by atoms with Crippen molar-refractivity contribution in [2.75, 3.05) is 33.4 Å². The van der Waals surface area contributed by atoms with Gasteiger partial charge in [-0.2, -0.15) is 0 Å². The smallest absolute Gasteiger partial charge is 0.336 e. The van der Waals surface area contributed by atoms with E-state index in [1.165, 1.54) is 20.0 Å². The van der Waals surface area contributed by atoms with Crippen LogP contribution in [0.4, 0.5) is 0 Å². The average Bonchev–Trinajstić information content (AvgIpc) is 2.49. The van der Waals surface area contributed by atoms with Crippen LogP contribution in [0.15, 0.2) is 0 Å². The molecule has 21 heavy (non-hydrogen) atoms. The van der Waals surface area contributed by atoms with E-state index in [0.717, 1.165) is 18.8 Å². The van der Waals surface area contributed by atoms with Crippen molar-refractivity contribution in [3.05, 3.63) is 0 Å². The molecule has 1 N–H and O–H groups in total. The third-order valence-corrected chi connectivity index (χ3v) is 4.36. The first-order valence-electron chi connectivity index (χ1n) is 7.79. The molecule has 0 aromatic carbocycles. The number of morpholine rings is 1. The quantitative estimate of drug-likeness (QED) is 0.768. The van der Waals surface area contributed by atoms with Gasteiger partial charge in [0.1, 0.15) is 0 Å². The molecule has 1 atom stereocenters. The van der Waals surface area contributed by atoms with Crippen LogP contribution in [0.2, 0.25) is 0 Å². The van der Waals surface area contributed by atoms with Crippen LogP contribution >= 0.6 is 0 Å². The fourth-order valence-electron chi connectivity index (χ4n) is 3.00. The third-order valence-electron chi connectivity index (χ3n) is 4.36. The molecule has 0 bridgehead atoms. The zero-order valence-corrected chi connectivity index (χ0v) is 13.0. The van der Waals surface area contributed by atoms with Gasteiger partial charge in [0.05, 0.1) is 20.3 Å². The first-order chi connectivity index (χ1) is 10.1. The maximum atomic E-state index is 12.1. The molecule has 0 spiro atoms. The SMILES string of the molecule is COC(=O)C1CN(CC(=O)NC2CCC(C)CC2)CCO1. The summed E-state index contributed by atoms with van der Waals surface area (Å²) in [5, 5.41) is 3.11. The maximum Gasteiger partial charge on any atom is 0.336 e. The second kappa shape index (κ2) is 7.75. The van der Waals surface area contributed by atoms with Crippen molar-refractivity contribution >= 4 is 11.9 Å². The van der Waals surface area contributed by atoms with E-state index >= 15 is 0 Å². The summed E-state index contributed by atoms with van der Waals surface area (Å²) in [5.41, 5.74) is 0. The van der Waals surface area contributed by atoms with Gasteiger partial charge < -0.3 is 14.8 Å². The predicted molar refractivity (Wildman–Crippen MR) is 77.8 cm³/mol. The second-order valence-electron chi connectivity index (χ2n) is 6.14. The highest BCUT2D eigenvalue weighted by molar-refractivity contribution is 5.79. The fraction of sp³-hybridized carbons (Fsp3) is 0.867. The molecule has 120 valence electrons. The molecule has 0 aromatic heterocycles. The summed E-state index contributed by atoms with van der Waals surface area (Å²) in [4.78, 5) is 25.5. The Labute approximate surface area is 126 Å². The topological polar surface area (TPSA) is 67.9 Å². The Morgan fingerprint density at radius 2 is 2.00 bits per heavy atom. The Hall–Kier alpha value is -1.14. The van der Waals surface area contributed by atoms with Gasteiger partial charge in [-0.05, 0) is 31.6 Å². The van der Waals surface area contributed by atoms with Gasteiger partial charge in [0.2, 0.25) is 5.91 Å². The van der Waals surface area contributed by atoms with Crippen LogP contribution in [0.25, 0.3) is 0 Å². The molecule has 2 fully saturated rings. The van der Waals surface area contributed by atoms with E-state index in [1.54, 1.807) is 0 Å². The summed E-state index contributed by atoms with van der Waals surface area (Å²) in [5.74, 6) is 0.444. The molecule has 0 radical (unpaired) electrons. The number of hydrogen-bond donors (Lipinski definition) is 1. The molecule has 6 nitrogen and oxygen atoms in total. The van der Waals surface area contributed by atoms with E-state index in [9.17, 15) is 9.59 Å². The van der Waals surface area contributed by atoms with Crippen LogP contribution in [0.1, 0.15) is 32.6 Å². The average molecular weight is 298 g/mol. The summed E-state index contributed by atoms with van der Waals surface area (Å²) >= 11 is 0. The molecular formula is C15H26N2O4. The van der Waals surface area contributed by atoms with Crippen molar-refractivity contribution < 1.29 is 19.1 Å². The van der Waals surface area contributed by atoms with E-state index in [0.29, 0.717) is 32.3 Å². The van der Waals surface area contributed by atoms with E-state index < -0.39 is 6.10 Å². The van der Waals surface area contributed by atoms with E-state index in [2.05, 4.69) is 17.0 Å². The first-order valence-corrected chi connectivity index (χ1v) is 7.79. The van der Waals surface area contributed by atoms with Gasteiger partial charge >= 0.3 is 5.97 Å². The molecule has 1 unspecified atom stereocenters. The molecule has 1 heterocycles. The summed E-state index contributed by atoms with van der Waals surface area (Å²) in [6.45, 7) is 4.13. The number of hydrogen-bond acceptors (Lipinski definition) is 5. The lowest BCUT2D eigenvalue weighted by molar-refractivity contribution is -0.160. The fourth-order valence-corrected chi connectivity index (χ4v) is 3.00. The van der Waals surface area contributed by atoms with Crippen molar-refractivity contribution in [2.24, 2.45) is 5.92 Å². The zero-order valence-electron chi connectivity index (χ0n) is 13.0. The number of amides is 1. The minimum Gasteiger partial charge on any atom is -0.467 e. The summed E-state index contributed by atoms with van der Waals surface area (Å²) in [6, 6.07) is 0.311. The Morgan fingerprint density at radius 1 is 1.29 bits per heavy atom. The Kier molecular flexibility index (Phi) is 5.99. The van der Waals surface area contributed by atoms with Crippen molar-refractivity contribution in [3.8, 4) is 0 Å². The minimum atomic E-state index is -0.577. The lowest BCUT2D eigenvalue weighted by Crippen LogP contribution is -2.50. The van der Waals surface area contributed by atoms with E-state index in [4.69, 9.17) is 4.74 Å². The zero-order chi connectivity index (χ0) is 15.2. The number of nitrogens with zero attached hydrogens (tertiary/aromatic N) is 1. The lowest BCUT2D eigenvalue weighted by atomic mass is 9.87. The van der Waals surface area contributed by atoms with Gasteiger partial charge in [-0.25, -0.2) is 4.79 Å². The van der Waals surface area contributed by atoms with Gasteiger partial charge in [0.15, 0.2) is 6.10 Å². The number of esters is 1. The standard InChI is InChI=1S/C15H26N2O4/c1-11-3-5-12(6-4-11)16-14(18)10-17-7-8-21-13(9-17)15(19)20-2/h11-13H,3-10H2,1-2H3,(H,16,18). The molecule has 1 aliphatic heterocycles. The molecule has 6 heteroatoms. The normalized spacial score (nSPS) is 30.7. The second-order valence-corrected chi connectivity index (χ2v) is 6.14. The van der Waals surface area contributed by atoms with Crippen LogP contribution < -0.4 is 5.32 Å². The first kappa shape index (κ1) is 16.2. The molecule has 2 rings (SSSR count). The van der Waals surface area contributed by atoms with Gasteiger partial charge in [-0.15, -0.1) is 0 Å². The van der Waals surface area contributed by atoms with Crippen molar-refractivity contribution in [3.63, 3.8) is 0 Å². The van der Waals surface area contributed by atoms with Crippen LogP contribution in [0, 0.1) is 5.92 Å². The van der Waals surface area contributed by atoms with Crippen LogP contribution in [0.3, 0.4) is 0 Å². The van der Waals surface area contributed by atoms with Crippen LogP contribution in [0.5, 0.6) is 0 Å². The Morgan fingerprint density at radius 3 is 2.67 bits per heavy atom. The van der Waals surface area contributed by atoms with Gasteiger partial charge in [-0.1, -0.05) is 6.92 Å². The number of carbonyl (C=O) groups excluding carboxylic acids is 2. The van der Waals surface area contributed by atoms with Crippen molar-refractivity contribution in [1.82, 2.24) is 10.2 Å². The van der Waals surface area contributed by atoms with Gasteiger partial charge in [-0.3, -0.25) is 9.69 Å². The van der Waals surface area contributed by atoms with Gasteiger partial charge in [0, 0.05) is 19.1 Å². The molecule has 0 aromatic rings. The Balaban J connectivity index is 1.73. The minimum absolute atomic E-state index is 0.0417. The van der Waals surface area contributed by atoms with Crippen molar-refractivity contribution in [2.45, 2.75) is 44.8 Å². The molecular weight excluding hydrogens is 272 g/mol. The van der Waals surface area contributed by atoms with Crippen LogP contribution in [-0.4, -0.2) is 62.3 Å². The molecule has 1 aliphatic carbocycles. The highest BCUT2D eigenvalue weighted by Crippen LogP contribution is 2.23.